The number of carboxylic acid groups (broad SMARTS) is 1. The summed E-state index contributed by atoms with van der Waals surface area (Å²) >= 11 is 6.22. The van der Waals surface area contributed by atoms with Crippen LogP contribution in [0.2, 0.25) is 0 Å². The molecule has 3 N–H and O–H groups in total. The molecule has 0 radical (unpaired) electrons. The summed E-state index contributed by atoms with van der Waals surface area (Å²) in [5, 5.41) is 23.1. The van der Waals surface area contributed by atoms with E-state index in [2.05, 4.69) is 19.2 Å². The Bertz CT molecular complexity index is 888. The van der Waals surface area contributed by atoms with Crippen molar-refractivity contribution in [2.45, 2.75) is 70.8 Å². The van der Waals surface area contributed by atoms with Crippen molar-refractivity contribution in [1.82, 2.24) is 5.32 Å². The molecule has 8 heteroatoms. The summed E-state index contributed by atoms with van der Waals surface area (Å²) in [7, 11) is 0. The Hall–Kier alpha value is -1.25. The summed E-state index contributed by atoms with van der Waals surface area (Å²) in [6.45, 7) is 4.15. The predicted molar refractivity (Wildman–Crippen MR) is 127 cm³/mol. The lowest BCUT2D eigenvalue weighted by molar-refractivity contribution is -0.159. The van der Waals surface area contributed by atoms with E-state index in [0.29, 0.717) is 30.6 Å². The molecule has 0 spiro atoms. The van der Waals surface area contributed by atoms with Gasteiger partial charge < -0.3 is 15.5 Å². The maximum atomic E-state index is 13.2. The van der Waals surface area contributed by atoms with Gasteiger partial charge in [-0.25, -0.2) is 0 Å². The number of aliphatic hydroxyl groups is 1. The number of ketones is 2. The van der Waals surface area contributed by atoms with Crippen molar-refractivity contribution in [3.8, 4) is 0 Å². The van der Waals surface area contributed by atoms with Crippen molar-refractivity contribution in [1.29, 1.82) is 0 Å². The van der Waals surface area contributed by atoms with E-state index in [0.717, 1.165) is 50.3 Å². The quantitative estimate of drug-likeness (QED) is 0.515. The summed E-state index contributed by atoms with van der Waals surface area (Å²) < 4.78 is 0.263. The Labute approximate surface area is 199 Å². The second-order valence-electron chi connectivity index (χ2n) is 10.6. The fourth-order valence-electron chi connectivity index (χ4n) is 7.48. The predicted octanol–water partition coefficient (Wildman–Crippen LogP) is 3.51. The van der Waals surface area contributed by atoms with Crippen LogP contribution in [0.25, 0.3) is 0 Å². The van der Waals surface area contributed by atoms with Crippen molar-refractivity contribution in [2.24, 2.45) is 28.6 Å². The highest BCUT2D eigenvalue weighted by atomic mass is 32.2. The number of hydrogen-bond acceptors (Lipinski definition) is 6. The lowest BCUT2D eigenvalue weighted by Crippen LogP contribution is -2.58. The van der Waals surface area contributed by atoms with Crippen molar-refractivity contribution in [3.63, 3.8) is 0 Å². The third-order valence-electron chi connectivity index (χ3n) is 9.29. The molecule has 0 amide bonds. The standard InChI is InChI=1S/C24H33NO5S2/c1-22-8-5-15(26)11-14(22)3-4-16-17(22)6-9-23(2)18(16)7-10-24(23,30)19(27)13-32-21(31)25-12-20(28)29/h11,16-18,30H,3-10,12-13H2,1-2H3,(H,25,31)(H,28,29)/t16-,17+,18+,22+,23+,24+/m1/s1. The van der Waals surface area contributed by atoms with Gasteiger partial charge in [0.1, 0.15) is 16.5 Å². The Morgan fingerprint density at radius 2 is 1.88 bits per heavy atom. The molecule has 0 aromatic heterocycles. The van der Waals surface area contributed by atoms with Crippen LogP contribution in [-0.4, -0.2) is 50.0 Å². The second kappa shape index (κ2) is 8.51. The maximum Gasteiger partial charge on any atom is 0.322 e. The fraction of sp³-hybridized carbons (Fsp3) is 0.750. The van der Waals surface area contributed by atoms with Gasteiger partial charge in [0, 0.05) is 11.8 Å². The van der Waals surface area contributed by atoms with Crippen LogP contribution in [0.1, 0.15) is 65.2 Å². The Balaban J connectivity index is 1.48. The zero-order valence-corrected chi connectivity index (χ0v) is 20.4. The average Bonchev–Trinajstić information content (AvgIpc) is 3.03. The molecule has 0 aliphatic heterocycles. The summed E-state index contributed by atoms with van der Waals surface area (Å²) in [6, 6.07) is 0. The molecule has 3 fully saturated rings. The van der Waals surface area contributed by atoms with E-state index in [1.807, 2.05) is 6.08 Å². The summed E-state index contributed by atoms with van der Waals surface area (Å²) in [4.78, 5) is 35.9. The molecule has 4 rings (SSSR count). The third kappa shape index (κ3) is 3.76. The lowest BCUT2D eigenvalue weighted by atomic mass is 9.46. The number of carbonyl (C=O) groups excluding carboxylic acids is 2. The fourth-order valence-corrected chi connectivity index (χ4v) is 8.41. The highest BCUT2D eigenvalue weighted by molar-refractivity contribution is 8.23. The van der Waals surface area contributed by atoms with Crippen molar-refractivity contribution >= 4 is 45.8 Å². The Morgan fingerprint density at radius 1 is 1.16 bits per heavy atom. The van der Waals surface area contributed by atoms with E-state index < -0.39 is 17.0 Å². The van der Waals surface area contributed by atoms with Crippen LogP contribution in [-0.2, 0) is 14.4 Å². The number of thiocarbonyl (C=S) groups is 1. The maximum absolute atomic E-state index is 13.2. The Morgan fingerprint density at radius 3 is 2.59 bits per heavy atom. The molecular formula is C24H33NO5S2. The number of aliphatic carboxylic acids is 1. The molecule has 0 aromatic carbocycles. The van der Waals surface area contributed by atoms with Gasteiger partial charge in [-0.15, -0.1) is 0 Å². The number of carboxylic acids is 1. The smallest absolute Gasteiger partial charge is 0.322 e. The number of allylic oxidation sites excluding steroid dienone is 1. The van der Waals surface area contributed by atoms with Gasteiger partial charge in [-0.3, -0.25) is 14.4 Å². The average molecular weight is 480 g/mol. The van der Waals surface area contributed by atoms with Crippen molar-refractivity contribution < 1.29 is 24.6 Å². The van der Waals surface area contributed by atoms with Crippen LogP contribution in [0.3, 0.4) is 0 Å². The molecule has 4 aliphatic carbocycles. The third-order valence-corrected chi connectivity index (χ3v) is 10.6. The molecule has 0 bridgehead atoms. The molecule has 176 valence electrons. The SMILES string of the molecule is C[C@]12CCC(=O)C=C1CC[C@@H]1[C@@H]2CC[C@@]2(C)[C@H]1CC[C@]2(O)C(=O)CSC(=S)NCC(=O)O. The first kappa shape index (κ1) is 23.9. The van der Waals surface area contributed by atoms with Crippen LogP contribution in [0.5, 0.6) is 0 Å². The van der Waals surface area contributed by atoms with Crippen molar-refractivity contribution in [3.05, 3.63) is 11.6 Å². The largest absolute Gasteiger partial charge is 0.480 e. The molecular weight excluding hydrogens is 446 g/mol. The first-order valence-electron chi connectivity index (χ1n) is 11.6. The molecule has 6 nitrogen and oxygen atoms in total. The van der Waals surface area contributed by atoms with Gasteiger partial charge in [-0.05, 0) is 74.2 Å². The van der Waals surface area contributed by atoms with E-state index in [-0.39, 0.29) is 33.6 Å². The molecule has 3 saturated carbocycles. The monoisotopic (exact) mass is 479 g/mol. The molecule has 0 heterocycles. The van der Waals surface area contributed by atoms with Gasteiger partial charge in [0.05, 0.1) is 5.75 Å². The molecule has 6 atom stereocenters. The molecule has 0 unspecified atom stereocenters. The zero-order chi connectivity index (χ0) is 23.3. The van der Waals surface area contributed by atoms with Gasteiger partial charge in [-0.1, -0.05) is 43.4 Å². The van der Waals surface area contributed by atoms with Crippen LogP contribution in [0.4, 0.5) is 0 Å². The van der Waals surface area contributed by atoms with E-state index in [1.165, 1.54) is 5.57 Å². The molecule has 0 aromatic rings. The minimum atomic E-state index is -1.36. The topological polar surface area (TPSA) is 104 Å². The van der Waals surface area contributed by atoms with Crippen LogP contribution >= 0.6 is 24.0 Å². The van der Waals surface area contributed by atoms with E-state index in [1.54, 1.807) is 0 Å². The van der Waals surface area contributed by atoms with E-state index in [4.69, 9.17) is 17.3 Å². The molecule has 32 heavy (non-hydrogen) atoms. The number of Topliss-reactive ketones (excluding diaryl/α,β-unsaturated/α-hetero) is 1. The first-order valence-corrected chi connectivity index (χ1v) is 13.0. The van der Waals surface area contributed by atoms with Gasteiger partial charge in [-0.2, -0.15) is 0 Å². The van der Waals surface area contributed by atoms with Gasteiger partial charge in [0.25, 0.3) is 0 Å². The highest BCUT2D eigenvalue weighted by Gasteiger charge is 2.66. The normalized spacial score (nSPS) is 40.5. The van der Waals surface area contributed by atoms with Gasteiger partial charge in [0.15, 0.2) is 11.6 Å². The van der Waals surface area contributed by atoms with Crippen LogP contribution in [0, 0.1) is 28.6 Å². The zero-order valence-electron chi connectivity index (χ0n) is 18.8. The number of fused-ring (bicyclic) bond motifs is 5. The summed E-state index contributed by atoms with van der Waals surface area (Å²) in [5.74, 6) is 0.369. The summed E-state index contributed by atoms with van der Waals surface area (Å²) in [6.07, 6.45) is 8.53. The number of rotatable bonds is 5. The summed E-state index contributed by atoms with van der Waals surface area (Å²) in [5.41, 5.74) is -0.427. The molecule has 4 aliphatic rings. The van der Waals surface area contributed by atoms with Gasteiger partial charge in [0.2, 0.25) is 0 Å². The minimum absolute atomic E-state index is 0.0467. The minimum Gasteiger partial charge on any atom is -0.480 e. The lowest BCUT2D eigenvalue weighted by Gasteiger charge is -2.58. The second-order valence-corrected chi connectivity index (χ2v) is 12.2. The van der Waals surface area contributed by atoms with Crippen LogP contribution < -0.4 is 5.32 Å². The number of carbonyl (C=O) groups is 3. The highest BCUT2D eigenvalue weighted by Crippen LogP contribution is 2.67. The number of hydrogen-bond donors (Lipinski definition) is 3. The number of nitrogens with one attached hydrogen (secondary N) is 1. The number of thioether (sulfide) groups is 1. The Kier molecular flexibility index (Phi) is 6.36. The van der Waals surface area contributed by atoms with Crippen LogP contribution in [0.15, 0.2) is 11.6 Å². The first-order chi connectivity index (χ1) is 15.0. The molecule has 0 saturated heterocycles. The van der Waals surface area contributed by atoms with E-state index >= 15 is 0 Å². The van der Waals surface area contributed by atoms with Gasteiger partial charge >= 0.3 is 5.97 Å². The van der Waals surface area contributed by atoms with Crippen molar-refractivity contribution in [2.75, 3.05) is 12.3 Å². The van der Waals surface area contributed by atoms with E-state index in [9.17, 15) is 19.5 Å².